The molecule has 0 N–H and O–H groups in total. The Bertz CT molecular complexity index is 932. The fraction of sp³-hybridized carbons (Fsp3) is 0.400. The summed E-state index contributed by atoms with van der Waals surface area (Å²) in [4.78, 5) is 9.54. The first-order valence-electron chi connectivity index (χ1n) is 9.08. The molecule has 3 aromatic rings. The number of methoxy groups -OCH3 is 2. The van der Waals surface area contributed by atoms with E-state index in [9.17, 15) is 0 Å². The van der Waals surface area contributed by atoms with Gasteiger partial charge in [-0.15, -0.1) is 0 Å². The predicted octanol–water partition coefficient (Wildman–Crippen LogP) is 2.87. The number of aryl methyl sites for hydroxylation is 1. The van der Waals surface area contributed by atoms with E-state index in [1.165, 1.54) is 0 Å². The fourth-order valence-corrected chi connectivity index (χ4v) is 3.46. The minimum atomic E-state index is 0.696. The van der Waals surface area contributed by atoms with Crippen LogP contribution in [0.5, 0.6) is 11.5 Å². The van der Waals surface area contributed by atoms with E-state index in [0.717, 1.165) is 66.6 Å². The first-order chi connectivity index (χ1) is 13.2. The minimum absolute atomic E-state index is 0.696. The summed E-state index contributed by atoms with van der Waals surface area (Å²) in [5.41, 5.74) is 1.83. The summed E-state index contributed by atoms with van der Waals surface area (Å²) in [6, 6.07) is 10.0. The van der Waals surface area contributed by atoms with Crippen LogP contribution in [0.4, 0.5) is 5.82 Å². The van der Waals surface area contributed by atoms with E-state index >= 15 is 0 Å². The first-order valence-corrected chi connectivity index (χ1v) is 9.08. The normalized spacial score (nSPS) is 15.3. The van der Waals surface area contributed by atoms with Gasteiger partial charge in [0.2, 0.25) is 0 Å². The van der Waals surface area contributed by atoms with Gasteiger partial charge >= 0.3 is 0 Å². The monoisotopic (exact) mass is 368 g/mol. The lowest BCUT2D eigenvalue weighted by Crippen LogP contribution is -2.46. The first kappa shape index (κ1) is 17.6. The number of rotatable bonds is 5. The van der Waals surface area contributed by atoms with Crippen LogP contribution in [0.2, 0.25) is 0 Å². The van der Waals surface area contributed by atoms with Crippen molar-refractivity contribution in [1.82, 2.24) is 15.0 Å². The van der Waals surface area contributed by atoms with Crippen molar-refractivity contribution in [3.05, 3.63) is 41.8 Å². The van der Waals surface area contributed by atoms with E-state index in [1.807, 2.05) is 25.1 Å². The Balaban J connectivity index is 1.46. The van der Waals surface area contributed by atoms with E-state index in [-0.39, 0.29) is 0 Å². The fourth-order valence-electron chi connectivity index (χ4n) is 3.46. The van der Waals surface area contributed by atoms with Gasteiger partial charge in [0.05, 0.1) is 32.0 Å². The summed E-state index contributed by atoms with van der Waals surface area (Å²) >= 11 is 0. The molecule has 1 fully saturated rings. The molecule has 142 valence electrons. The van der Waals surface area contributed by atoms with Gasteiger partial charge in [0.15, 0.2) is 17.3 Å². The number of pyridine rings is 1. The Kier molecular flexibility index (Phi) is 4.85. The molecule has 0 atom stereocenters. The molecule has 0 amide bonds. The largest absolute Gasteiger partial charge is 0.493 e. The number of nitrogens with zero attached hydrogens (tertiary/aromatic N) is 4. The highest BCUT2D eigenvalue weighted by molar-refractivity contribution is 5.84. The van der Waals surface area contributed by atoms with Crippen LogP contribution in [-0.2, 0) is 6.54 Å². The van der Waals surface area contributed by atoms with Gasteiger partial charge in [-0.25, -0.2) is 4.98 Å². The number of hydrogen-bond donors (Lipinski definition) is 0. The Morgan fingerprint density at radius 3 is 2.41 bits per heavy atom. The van der Waals surface area contributed by atoms with Gasteiger partial charge < -0.3 is 18.9 Å². The third kappa shape index (κ3) is 3.68. The average molecular weight is 368 g/mol. The van der Waals surface area contributed by atoms with Gasteiger partial charge in [0.1, 0.15) is 5.82 Å². The second-order valence-electron chi connectivity index (χ2n) is 6.77. The van der Waals surface area contributed by atoms with Gasteiger partial charge in [-0.2, -0.15) is 0 Å². The number of benzene rings is 1. The molecule has 1 aromatic carbocycles. The van der Waals surface area contributed by atoms with Crippen molar-refractivity contribution in [2.75, 3.05) is 45.3 Å². The third-order valence-corrected chi connectivity index (χ3v) is 4.93. The maximum Gasteiger partial charge on any atom is 0.162 e. The van der Waals surface area contributed by atoms with Crippen molar-refractivity contribution < 1.29 is 14.0 Å². The minimum Gasteiger partial charge on any atom is -0.493 e. The molecule has 1 saturated heterocycles. The molecule has 7 heteroatoms. The van der Waals surface area contributed by atoms with Crippen LogP contribution in [0.3, 0.4) is 0 Å². The summed E-state index contributed by atoms with van der Waals surface area (Å²) in [5, 5.41) is 5.00. The Morgan fingerprint density at radius 1 is 1.00 bits per heavy atom. The molecule has 0 spiro atoms. The van der Waals surface area contributed by atoms with Crippen LogP contribution < -0.4 is 14.4 Å². The zero-order valence-corrected chi connectivity index (χ0v) is 15.9. The molecule has 0 radical (unpaired) electrons. The number of fused-ring (bicyclic) bond motifs is 1. The topological polar surface area (TPSA) is 63.9 Å². The van der Waals surface area contributed by atoms with Crippen LogP contribution >= 0.6 is 0 Å². The molecule has 0 unspecified atom stereocenters. The van der Waals surface area contributed by atoms with E-state index in [2.05, 4.69) is 27.1 Å². The quantitative estimate of drug-likeness (QED) is 0.686. The molecular weight excluding hydrogens is 344 g/mol. The summed E-state index contributed by atoms with van der Waals surface area (Å²) in [6.45, 7) is 6.53. The van der Waals surface area contributed by atoms with Crippen LogP contribution in [0.15, 0.2) is 34.9 Å². The molecule has 1 aliphatic rings. The zero-order valence-electron chi connectivity index (χ0n) is 15.9. The number of piperazine rings is 1. The lowest BCUT2D eigenvalue weighted by molar-refractivity contribution is 0.219. The molecule has 1 aliphatic heterocycles. The molecular formula is C20H24N4O3. The third-order valence-electron chi connectivity index (χ3n) is 4.93. The van der Waals surface area contributed by atoms with Crippen molar-refractivity contribution in [1.29, 1.82) is 0 Å². The van der Waals surface area contributed by atoms with E-state index in [0.29, 0.717) is 5.75 Å². The second kappa shape index (κ2) is 7.44. The Morgan fingerprint density at radius 2 is 1.74 bits per heavy atom. The van der Waals surface area contributed by atoms with Crippen molar-refractivity contribution in [3.63, 3.8) is 0 Å². The molecule has 27 heavy (non-hydrogen) atoms. The Labute approximate surface area is 158 Å². The zero-order chi connectivity index (χ0) is 18.8. The number of aromatic nitrogens is 2. The molecule has 7 nitrogen and oxygen atoms in total. The van der Waals surface area contributed by atoms with E-state index in [4.69, 9.17) is 19.0 Å². The van der Waals surface area contributed by atoms with Crippen molar-refractivity contribution in [3.8, 4) is 11.5 Å². The Hall–Kier alpha value is -2.80. The standard InChI is InChI=1S/C20H24N4O3/c1-14-10-16(27-22-14)13-23-6-8-24(9-7-23)20-5-4-15-11-18(25-2)19(26-3)12-17(15)21-20/h4-5,10-12H,6-9,13H2,1-3H3. The molecule has 4 rings (SSSR count). The summed E-state index contributed by atoms with van der Waals surface area (Å²) in [6.07, 6.45) is 0. The highest BCUT2D eigenvalue weighted by Crippen LogP contribution is 2.32. The summed E-state index contributed by atoms with van der Waals surface area (Å²) in [5.74, 6) is 3.33. The molecule has 0 bridgehead atoms. The average Bonchev–Trinajstić information content (AvgIpc) is 3.11. The SMILES string of the molecule is COc1cc2ccc(N3CCN(Cc4cc(C)no4)CC3)nc2cc1OC. The highest BCUT2D eigenvalue weighted by Gasteiger charge is 2.20. The maximum absolute atomic E-state index is 5.40. The van der Waals surface area contributed by atoms with Crippen molar-refractivity contribution >= 4 is 16.7 Å². The van der Waals surface area contributed by atoms with Gasteiger partial charge in [-0.1, -0.05) is 5.16 Å². The van der Waals surface area contributed by atoms with Crippen molar-refractivity contribution in [2.24, 2.45) is 0 Å². The van der Waals surface area contributed by atoms with Gasteiger partial charge in [-0.3, -0.25) is 4.90 Å². The highest BCUT2D eigenvalue weighted by atomic mass is 16.5. The van der Waals surface area contributed by atoms with Crippen LogP contribution in [-0.4, -0.2) is 55.4 Å². The molecule has 0 saturated carbocycles. The molecule has 2 aromatic heterocycles. The lowest BCUT2D eigenvalue weighted by atomic mass is 10.2. The summed E-state index contributed by atoms with van der Waals surface area (Å²) < 4.78 is 16.1. The van der Waals surface area contributed by atoms with Crippen LogP contribution in [0.1, 0.15) is 11.5 Å². The van der Waals surface area contributed by atoms with Gasteiger partial charge in [-0.05, 0) is 25.1 Å². The smallest absolute Gasteiger partial charge is 0.162 e. The number of anilines is 1. The van der Waals surface area contributed by atoms with Crippen LogP contribution in [0.25, 0.3) is 10.9 Å². The van der Waals surface area contributed by atoms with Crippen LogP contribution in [0, 0.1) is 6.92 Å². The number of ether oxygens (including phenoxy) is 2. The lowest BCUT2D eigenvalue weighted by Gasteiger charge is -2.35. The van der Waals surface area contributed by atoms with E-state index in [1.54, 1.807) is 14.2 Å². The van der Waals surface area contributed by atoms with Crippen molar-refractivity contribution in [2.45, 2.75) is 13.5 Å². The maximum atomic E-state index is 5.40. The molecule has 3 heterocycles. The van der Waals surface area contributed by atoms with Gasteiger partial charge in [0.25, 0.3) is 0 Å². The predicted molar refractivity (Wildman–Crippen MR) is 104 cm³/mol. The summed E-state index contributed by atoms with van der Waals surface area (Å²) in [7, 11) is 3.29. The molecule has 0 aliphatic carbocycles. The van der Waals surface area contributed by atoms with Gasteiger partial charge in [0, 0.05) is 43.7 Å². The number of hydrogen-bond acceptors (Lipinski definition) is 7. The second-order valence-corrected chi connectivity index (χ2v) is 6.77. The van der Waals surface area contributed by atoms with E-state index < -0.39 is 0 Å².